The lowest BCUT2D eigenvalue weighted by atomic mass is 10.2. The monoisotopic (exact) mass is 338 g/mol. The summed E-state index contributed by atoms with van der Waals surface area (Å²) in [6.07, 6.45) is -0.280. The van der Waals surface area contributed by atoms with Crippen LogP contribution in [0.15, 0.2) is 24.3 Å². The molecule has 0 aliphatic carbocycles. The van der Waals surface area contributed by atoms with Crippen molar-refractivity contribution in [3.8, 4) is 5.75 Å². The molecule has 0 aromatic heterocycles. The zero-order chi connectivity index (χ0) is 17.4. The fourth-order valence-corrected chi connectivity index (χ4v) is 5.43. The van der Waals surface area contributed by atoms with Gasteiger partial charge in [-0.25, -0.2) is 13.9 Å². The van der Waals surface area contributed by atoms with Crippen LogP contribution < -0.4 is 4.52 Å². The Hall–Kier alpha value is -1.81. The minimum Gasteiger partial charge on any atom is -0.413 e. The molecular formula is C16H23N2O4P. The number of benzene rings is 1. The van der Waals surface area contributed by atoms with Crippen molar-refractivity contribution < 1.29 is 18.7 Å². The Morgan fingerprint density at radius 3 is 1.91 bits per heavy atom. The summed E-state index contributed by atoms with van der Waals surface area (Å²) in [7, 11) is -3.84. The van der Waals surface area contributed by atoms with Crippen molar-refractivity contribution in [2.24, 2.45) is 0 Å². The van der Waals surface area contributed by atoms with Gasteiger partial charge in [-0.15, -0.1) is 0 Å². The van der Waals surface area contributed by atoms with Crippen molar-refractivity contribution in [3.63, 3.8) is 0 Å². The standard InChI is InChI=1S/C16H23N2O4P/c1-11(2)17-15(19)10-16(20)18(12(3)4)23(17,21)22-14-9-7-6-8-13(14)5/h6-9,11-12H,10H2,1-5H3. The molecule has 0 atom stereocenters. The summed E-state index contributed by atoms with van der Waals surface area (Å²) in [6, 6.07) is 6.44. The number of hydrogen-bond donors (Lipinski definition) is 0. The normalized spacial score (nSPS) is 18.0. The lowest BCUT2D eigenvalue weighted by Crippen LogP contribution is -2.52. The summed E-state index contributed by atoms with van der Waals surface area (Å²) in [6.45, 7) is 8.88. The molecule has 0 saturated carbocycles. The highest BCUT2D eigenvalue weighted by Gasteiger charge is 2.53. The van der Waals surface area contributed by atoms with E-state index in [-0.39, 0.29) is 18.5 Å². The van der Waals surface area contributed by atoms with E-state index < -0.39 is 19.5 Å². The van der Waals surface area contributed by atoms with E-state index in [4.69, 9.17) is 4.52 Å². The van der Waals surface area contributed by atoms with Gasteiger partial charge in [0, 0.05) is 12.1 Å². The minimum absolute atomic E-state index is 0.280. The topological polar surface area (TPSA) is 66.9 Å². The molecule has 0 bridgehead atoms. The molecule has 7 heteroatoms. The van der Waals surface area contributed by atoms with Gasteiger partial charge in [0.1, 0.15) is 12.2 Å². The molecule has 1 aliphatic heterocycles. The smallest absolute Gasteiger partial charge is 0.413 e. The van der Waals surface area contributed by atoms with Crippen LogP contribution in [-0.4, -0.2) is 33.2 Å². The minimum atomic E-state index is -3.84. The molecule has 1 aromatic carbocycles. The molecule has 1 saturated heterocycles. The van der Waals surface area contributed by atoms with Gasteiger partial charge in [-0.1, -0.05) is 18.2 Å². The third-order valence-electron chi connectivity index (χ3n) is 3.65. The Balaban J connectivity index is 2.56. The van der Waals surface area contributed by atoms with Crippen LogP contribution in [0.4, 0.5) is 0 Å². The van der Waals surface area contributed by atoms with Crippen molar-refractivity contribution in [1.82, 2.24) is 9.34 Å². The molecule has 1 fully saturated rings. The van der Waals surface area contributed by atoms with Crippen molar-refractivity contribution in [3.05, 3.63) is 29.8 Å². The van der Waals surface area contributed by atoms with E-state index in [0.29, 0.717) is 5.75 Å². The number of aryl methyl sites for hydroxylation is 1. The van der Waals surface area contributed by atoms with Crippen LogP contribution in [0.3, 0.4) is 0 Å². The van der Waals surface area contributed by atoms with Crippen molar-refractivity contribution in [2.45, 2.75) is 53.1 Å². The summed E-state index contributed by atoms with van der Waals surface area (Å²) in [5.41, 5.74) is 0.792. The average molecular weight is 338 g/mol. The Bertz CT molecular complexity index is 642. The maximum atomic E-state index is 13.7. The first-order valence-corrected chi connectivity index (χ1v) is 9.22. The summed E-state index contributed by atoms with van der Waals surface area (Å²) >= 11 is 0. The highest BCUT2D eigenvalue weighted by molar-refractivity contribution is 7.56. The van der Waals surface area contributed by atoms with Gasteiger partial charge in [-0.05, 0) is 46.2 Å². The molecule has 0 radical (unpaired) electrons. The molecule has 1 heterocycles. The lowest BCUT2D eigenvalue weighted by molar-refractivity contribution is -0.141. The molecule has 0 spiro atoms. The second-order valence-electron chi connectivity index (χ2n) is 6.19. The van der Waals surface area contributed by atoms with Crippen LogP contribution in [0.5, 0.6) is 5.75 Å². The maximum absolute atomic E-state index is 13.7. The van der Waals surface area contributed by atoms with E-state index in [9.17, 15) is 14.2 Å². The first-order valence-electron chi connectivity index (χ1n) is 7.68. The quantitative estimate of drug-likeness (QED) is 0.624. The predicted molar refractivity (Wildman–Crippen MR) is 88.0 cm³/mol. The molecule has 1 aromatic rings. The number of para-hydroxylation sites is 1. The van der Waals surface area contributed by atoms with Gasteiger partial charge in [-0.2, -0.15) is 0 Å². The molecule has 0 N–H and O–H groups in total. The van der Waals surface area contributed by atoms with Gasteiger partial charge in [-0.3, -0.25) is 9.59 Å². The van der Waals surface area contributed by atoms with E-state index in [1.807, 2.05) is 19.1 Å². The molecule has 2 rings (SSSR count). The van der Waals surface area contributed by atoms with Gasteiger partial charge in [0.2, 0.25) is 11.8 Å². The largest absolute Gasteiger partial charge is 0.454 e. The number of carbonyl (C=O) groups is 2. The van der Waals surface area contributed by atoms with Crippen LogP contribution in [0.1, 0.15) is 39.7 Å². The predicted octanol–water partition coefficient (Wildman–Crippen LogP) is 3.36. The SMILES string of the molecule is Cc1ccccc1OP1(=O)N(C(C)C)C(=O)CC(=O)N1C(C)C. The summed E-state index contributed by atoms with van der Waals surface area (Å²) in [5.74, 6) is -0.507. The Morgan fingerprint density at radius 2 is 1.48 bits per heavy atom. The number of nitrogens with zero attached hydrogens (tertiary/aromatic N) is 2. The van der Waals surface area contributed by atoms with Crippen molar-refractivity contribution in [2.75, 3.05) is 0 Å². The fraction of sp³-hybridized carbons (Fsp3) is 0.500. The molecular weight excluding hydrogens is 315 g/mol. The van der Waals surface area contributed by atoms with Crippen LogP contribution >= 0.6 is 7.67 Å². The number of amides is 2. The van der Waals surface area contributed by atoms with E-state index in [2.05, 4.69) is 0 Å². The van der Waals surface area contributed by atoms with E-state index in [0.717, 1.165) is 5.56 Å². The summed E-state index contributed by atoms with van der Waals surface area (Å²) in [5, 5.41) is 0. The van der Waals surface area contributed by atoms with Gasteiger partial charge < -0.3 is 4.52 Å². The molecule has 126 valence electrons. The second-order valence-corrected chi connectivity index (χ2v) is 8.21. The second kappa shape index (κ2) is 6.36. The Labute approximate surface area is 137 Å². The van der Waals surface area contributed by atoms with Crippen LogP contribution in [0.2, 0.25) is 0 Å². The van der Waals surface area contributed by atoms with Crippen LogP contribution in [0.25, 0.3) is 0 Å². The van der Waals surface area contributed by atoms with Crippen molar-refractivity contribution >= 4 is 19.5 Å². The number of carbonyl (C=O) groups excluding carboxylic acids is 2. The molecule has 0 unspecified atom stereocenters. The molecule has 2 amide bonds. The highest BCUT2D eigenvalue weighted by Crippen LogP contribution is 2.59. The third-order valence-corrected chi connectivity index (χ3v) is 6.54. The summed E-state index contributed by atoms with van der Waals surface area (Å²) in [4.78, 5) is 24.7. The van der Waals surface area contributed by atoms with Gasteiger partial charge in [0.25, 0.3) is 0 Å². The van der Waals surface area contributed by atoms with E-state index >= 15 is 0 Å². The summed E-state index contributed by atoms with van der Waals surface area (Å²) < 4.78 is 22.0. The van der Waals surface area contributed by atoms with E-state index in [1.54, 1.807) is 39.8 Å². The zero-order valence-corrected chi connectivity index (χ0v) is 15.0. The molecule has 23 heavy (non-hydrogen) atoms. The highest BCUT2D eigenvalue weighted by atomic mass is 31.2. The van der Waals surface area contributed by atoms with Crippen molar-refractivity contribution in [1.29, 1.82) is 0 Å². The first kappa shape index (κ1) is 17.5. The van der Waals surface area contributed by atoms with Gasteiger partial charge >= 0.3 is 7.67 Å². The molecule has 1 aliphatic rings. The van der Waals surface area contributed by atoms with Gasteiger partial charge in [0.15, 0.2) is 0 Å². The number of hydrogen-bond acceptors (Lipinski definition) is 4. The maximum Gasteiger partial charge on any atom is 0.454 e. The van der Waals surface area contributed by atoms with Gasteiger partial charge in [0.05, 0.1) is 0 Å². The van der Waals surface area contributed by atoms with Crippen LogP contribution in [0, 0.1) is 6.92 Å². The third kappa shape index (κ3) is 3.13. The fourth-order valence-electron chi connectivity index (χ4n) is 2.71. The lowest BCUT2D eigenvalue weighted by Gasteiger charge is -2.44. The number of rotatable bonds is 4. The van der Waals surface area contributed by atoms with Crippen LogP contribution in [-0.2, 0) is 14.2 Å². The molecule has 6 nitrogen and oxygen atoms in total. The zero-order valence-electron chi connectivity index (χ0n) is 14.1. The Kier molecular flexibility index (Phi) is 4.85. The Morgan fingerprint density at radius 1 is 1.00 bits per heavy atom. The first-order chi connectivity index (χ1) is 10.7. The van der Waals surface area contributed by atoms with E-state index in [1.165, 1.54) is 9.34 Å². The average Bonchev–Trinajstić information content (AvgIpc) is 2.39.